The SMILES string of the molecule is C=CCOC(=O)C1O[C@@H](OC(=O)c2cccc(N3CCN(C(=O)c4cc5nc(-c6ccc(Cl)c(F)c6)cc(C(C)(C)C)c5o4)C(C)(C)C3)n2)[C@@H](O)C(O)[C@@H]1O. The molecule has 292 valence electrons. The predicted octanol–water partition coefficient (Wildman–Crippen LogP) is 4.41. The van der Waals surface area contributed by atoms with Crippen molar-refractivity contribution in [1.29, 1.82) is 0 Å². The topological polar surface area (TPSA) is 185 Å². The van der Waals surface area contributed by atoms with Gasteiger partial charge in [0.15, 0.2) is 23.1 Å². The number of amides is 1. The van der Waals surface area contributed by atoms with E-state index in [-0.39, 0.29) is 35.5 Å². The highest BCUT2D eigenvalue weighted by molar-refractivity contribution is 6.30. The Balaban J connectivity index is 1.18. The van der Waals surface area contributed by atoms with Crippen LogP contribution in [0.4, 0.5) is 10.2 Å². The van der Waals surface area contributed by atoms with Gasteiger partial charge in [-0.05, 0) is 49.6 Å². The number of rotatable bonds is 8. The predicted molar refractivity (Wildman–Crippen MR) is 198 cm³/mol. The monoisotopic (exact) mass is 780 g/mol. The van der Waals surface area contributed by atoms with Crippen molar-refractivity contribution in [3.05, 3.63) is 89.0 Å². The number of halogens is 2. The maximum absolute atomic E-state index is 14.4. The quantitative estimate of drug-likeness (QED) is 0.169. The van der Waals surface area contributed by atoms with Crippen molar-refractivity contribution in [2.24, 2.45) is 0 Å². The van der Waals surface area contributed by atoms with Gasteiger partial charge in [-0.3, -0.25) is 4.79 Å². The summed E-state index contributed by atoms with van der Waals surface area (Å²) in [6.45, 7) is 13.9. The van der Waals surface area contributed by atoms with E-state index in [0.29, 0.717) is 41.3 Å². The molecule has 0 radical (unpaired) electrons. The third kappa shape index (κ3) is 8.07. The number of esters is 2. The molecule has 2 fully saturated rings. The molecule has 14 nitrogen and oxygen atoms in total. The van der Waals surface area contributed by atoms with Gasteiger partial charge in [0.1, 0.15) is 42.1 Å². The molecule has 1 aromatic carbocycles. The number of fused-ring (bicyclic) bond motifs is 1. The summed E-state index contributed by atoms with van der Waals surface area (Å²) in [5.74, 6) is -2.50. The van der Waals surface area contributed by atoms with E-state index in [1.165, 1.54) is 24.3 Å². The van der Waals surface area contributed by atoms with E-state index in [1.807, 2.05) is 45.6 Å². The van der Waals surface area contributed by atoms with Crippen LogP contribution < -0.4 is 4.90 Å². The van der Waals surface area contributed by atoms with Gasteiger partial charge >= 0.3 is 11.9 Å². The number of aliphatic hydroxyl groups excluding tert-OH is 3. The zero-order valence-corrected chi connectivity index (χ0v) is 31.6. The van der Waals surface area contributed by atoms with Crippen LogP contribution >= 0.6 is 11.6 Å². The first-order chi connectivity index (χ1) is 25.9. The minimum Gasteiger partial charge on any atom is -0.459 e. The van der Waals surface area contributed by atoms with E-state index in [0.717, 1.165) is 5.56 Å². The number of carbonyl (C=O) groups is 3. The lowest BCUT2D eigenvalue weighted by Crippen LogP contribution is -2.61. The number of aliphatic hydroxyl groups is 3. The van der Waals surface area contributed by atoms with Gasteiger partial charge in [-0.25, -0.2) is 23.9 Å². The Morgan fingerprint density at radius 3 is 2.47 bits per heavy atom. The molecule has 0 bridgehead atoms. The number of furan rings is 1. The number of nitrogens with zero attached hydrogens (tertiary/aromatic N) is 4. The van der Waals surface area contributed by atoms with E-state index in [1.54, 1.807) is 29.2 Å². The Morgan fingerprint density at radius 2 is 1.80 bits per heavy atom. The molecule has 16 heteroatoms. The van der Waals surface area contributed by atoms with Crippen molar-refractivity contribution in [2.75, 3.05) is 31.1 Å². The average molecular weight is 781 g/mol. The van der Waals surface area contributed by atoms with Gasteiger partial charge in [0, 0.05) is 36.8 Å². The van der Waals surface area contributed by atoms with E-state index < -0.39 is 59.4 Å². The molecule has 3 aromatic heterocycles. The first kappa shape index (κ1) is 39.8. The number of anilines is 1. The van der Waals surface area contributed by atoms with Gasteiger partial charge in [-0.15, -0.1) is 0 Å². The van der Waals surface area contributed by atoms with Crippen molar-refractivity contribution < 1.29 is 52.7 Å². The second kappa shape index (κ2) is 15.3. The molecule has 2 aliphatic rings. The lowest BCUT2D eigenvalue weighted by atomic mass is 9.86. The van der Waals surface area contributed by atoms with E-state index in [9.17, 15) is 34.1 Å². The van der Waals surface area contributed by atoms with Crippen LogP contribution in [0.15, 0.2) is 65.6 Å². The lowest BCUT2D eigenvalue weighted by Gasteiger charge is -2.47. The molecule has 3 N–H and O–H groups in total. The van der Waals surface area contributed by atoms with Gasteiger partial charge in [0.2, 0.25) is 6.29 Å². The lowest BCUT2D eigenvalue weighted by molar-refractivity contribution is -0.279. The summed E-state index contributed by atoms with van der Waals surface area (Å²) < 4.78 is 36.1. The van der Waals surface area contributed by atoms with E-state index in [2.05, 4.69) is 11.6 Å². The Bertz CT molecular complexity index is 2130. The molecule has 4 aromatic rings. The Morgan fingerprint density at radius 1 is 1.05 bits per heavy atom. The van der Waals surface area contributed by atoms with Gasteiger partial charge in [0.05, 0.1) is 16.3 Å². The van der Waals surface area contributed by atoms with Crippen LogP contribution in [0.25, 0.3) is 22.4 Å². The van der Waals surface area contributed by atoms with Crippen molar-refractivity contribution in [3.8, 4) is 11.3 Å². The fraction of sp³-hybridized carbons (Fsp3) is 0.410. The van der Waals surface area contributed by atoms with E-state index >= 15 is 0 Å². The van der Waals surface area contributed by atoms with Crippen LogP contribution in [-0.4, -0.2) is 111 Å². The normalized spacial score (nSPS) is 22.7. The fourth-order valence-electron chi connectivity index (χ4n) is 6.59. The zero-order valence-electron chi connectivity index (χ0n) is 30.9. The maximum Gasteiger partial charge on any atom is 0.359 e. The fourth-order valence-corrected chi connectivity index (χ4v) is 6.71. The smallest absolute Gasteiger partial charge is 0.359 e. The molecule has 55 heavy (non-hydrogen) atoms. The number of carbonyl (C=O) groups excluding carboxylic acids is 3. The molecule has 5 heterocycles. The Kier molecular flexibility index (Phi) is 11.1. The summed E-state index contributed by atoms with van der Waals surface area (Å²) >= 11 is 5.92. The summed E-state index contributed by atoms with van der Waals surface area (Å²) in [5, 5.41) is 31.0. The summed E-state index contributed by atoms with van der Waals surface area (Å²) in [6, 6.07) is 12.5. The molecular formula is C39H42ClFN4O10. The minimum atomic E-state index is -1.89. The first-order valence-corrected chi connectivity index (χ1v) is 17.9. The number of hydrogen-bond acceptors (Lipinski definition) is 13. The first-order valence-electron chi connectivity index (χ1n) is 17.5. The third-order valence-corrected chi connectivity index (χ3v) is 9.80. The number of ether oxygens (including phenoxy) is 3. The molecule has 5 atom stereocenters. The molecule has 1 amide bonds. The second-order valence-electron chi connectivity index (χ2n) is 15.1. The summed E-state index contributed by atoms with van der Waals surface area (Å²) in [5.41, 5.74) is 1.40. The Labute approximate surface area is 321 Å². The second-order valence-corrected chi connectivity index (χ2v) is 15.5. The standard InChI is InChI=1S/C39H42ClFN4O10/c1-7-15-52-36(51)33-30(47)29(46)31(48)37(54-33)55-35(50)24-9-8-10-28(43-24)44-13-14-45(39(5,6)19-44)34(49)27-18-26-32(53-27)21(38(2,3)4)17-25(42-26)20-11-12-22(40)23(41)16-20/h7-12,16-18,29-31,33,37,46-48H,1,13-15,19H2,2-6H3/t29?,30-,31-,33?,37-/m0/s1. The van der Waals surface area contributed by atoms with Gasteiger partial charge in [-0.2, -0.15) is 0 Å². The van der Waals surface area contributed by atoms with Gasteiger partial charge < -0.3 is 43.7 Å². The van der Waals surface area contributed by atoms with Crippen LogP contribution in [0.1, 0.15) is 61.2 Å². The number of benzene rings is 1. The molecule has 2 saturated heterocycles. The van der Waals surface area contributed by atoms with Crippen molar-refractivity contribution in [1.82, 2.24) is 14.9 Å². The largest absolute Gasteiger partial charge is 0.459 e. The van der Waals surface area contributed by atoms with Crippen molar-refractivity contribution >= 4 is 46.4 Å². The minimum absolute atomic E-state index is 0.000254. The number of pyridine rings is 2. The van der Waals surface area contributed by atoms with Crippen LogP contribution in [0.2, 0.25) is 5.02 Å². The zero-order chi connectivity index (χ0) is 40.0. The van der Waals surface area contributed by atoms with Gasteiger partial charge in [-0.1, -0.05) is 57.2 Å². The summed E-state index contributed by atoms with van der Waals surface area (Å²) in [7, 11) is 0. The highest BCUT2D eigenvalue weighted by atomic mass is 35.5. The number of aromatic nitrogens is 2. The molecule has 0 saturated carbocycles. The van der Waals surface area contributed by atoms with Crippen molar-refractivity contribution in [3.63, 3.8) is 0 Å². The van der Waals surface area contributed by atoms with Crippen molar-refractivity contribution in [2.45, 2.75) is 76.3 Å². The molecular weight excluding hydrogens is 739 g/mol. The average Bonchev–Trinajstić information content (AvgIpc) is 3.58. The highest BCUT2D eigenvalue weighted by Gasteiger charge is 2.49. The number of hydrogen-bond donors (Lipinski definition) is 3. The van der Waals surface area contributed by atoms with Crippen LogP contribution in [-0.2, 0) is 24.4 Å². The number of piperazine rings is 1. The molecule has 0 aliphatic carbocycles. The molecule has 6 rings (SSSR count). The third-order valence-electron chi connectivity index (χ3n) is 9.50. The van der Waals surface area contributed by atoms with Crippen LogP contribution in [0, 0.1) is 5.82 Å². The molecule has 2 unspecified atom stereocenters. The molecule has 2 aliphatic heterocycles. The Hall–Kier alpha value is -4.93. The van der Waals surface area contributed by atoms with Crippen LogP contribution in [0.5, 0.6) is 0 Å². The van der Waals surface area contributed by atoms with E-state index in [4.69, 9.17) is 35.2 Å². The van der Waals surface area contributed by atoms with Crippen LogP contribution in [0.3, 0.4) is 0 Å². The molecule has 0 spiro atoms. The summed E-state index contributed by atoms with van der Waals surface area (Å²) in [4.78, 5) is 52.4. The maximum atomic E-state index is 14.4. The highest BCUT2D eigenvalue weighted by Crippen LogP contribution is 2.36. The summed E-state index contributed by atoms with van der Waals surface area (Å²) in [6.07, 6.45) is -7.89. The van der Waals surface area contributed by atoms with Gasteiger partial charge in [0.25, 0.3) is 5.91 Å².